The topological polar surface area (TPSA) is 41.1 Å². The number of rotatable bonds is 9. The molecule has 20 heavy (non-hydrogen) atoms. The van der Waals surface area contributed by atoms with Crippen LogP contribution < -0.4 is 5.32 Å². The molecule has 1 atom stereocenters. The summed E-state index contributed by atoms with van der Waals surface area (Å²) in [6.07, 6.45) is 4.11. The van der Waals surface area contributed by atoms with Crippen molar-refractivity contribution in [2.45, 2.75) is 53.0 Å². The van der Waals surface area contributed by atoms with Crippen LogP contribution in [0.25, 0.3) is 0 Å². The maximum absolute atomic E-state index is 14.0. The Morgan fingerprint density at radius 3 is 2.55 bits per heavy atom. The maximum Gasteiger partial charge on any atom is 0.186 e. The first-order chi connectivity index (χ1) is 9.62. The molecule has 114 valence electrons. The monoisotopic (exact) mass is 282 g/mol. The average molecular weight is 282 g/mol. The first kappa shape index (κ1) is 16.8. The van der Waals surface area contributed by atoms with Gasteiger partial charge in [-0.2, -0.15) is 0 Å². The molecule has 4 nitrogen and oxygen atoms in total. The van der Waals surface area contributed by atoms with Gasteiger partial charge in [0.05, 0.1) is 5.69 Å². The summed E-state index contributed by atoms with van der Waals surface area (Å²) in [5.41, 5.74) is 0.470. The first-order valence-electron chi connectivity index (χ1n) is 7.60. The highest BCUT2D eigenvalue weighted by atomic mass is 19.1. The van der Waals surface area contributed by atoms with Crippen molar-refractivity contribution >= 4 is 5.82 Å². The standard InChI is InChI=1S/C15H27FN4/c1-5-13-14(16)15(18-11-17-13)19-12(4)9-8-10-20(6-2)7-3/h11-12H,5-10H2,1-4H3,(H,17,18,19). The van der Waals surface area contributed by atoms with Crippen molar-refractivity contribution in [3.63, 3.8) is 0 Å². The molecular formula is C15H27FN4. The molecule has 0 bridgehead atoms. The van der Waals surface area contributed by atoms with Crippen molar-refractivity contribution in [1.82, 2.24) is 14.9 Å². The molecular weight excluding hydrogens is 255 g/mol. The number of hydrogen-bond acceptors (Lipinski definition) is 4. The predicted molar refractivity (Wildman–Crippen MR) is 81.5 cm³/mol. The summed E-state index contributed by atoms with van der Waals surface area (Å²) >= 11 is 0. The minimum Gasteiger partial charge on any atom is -0.365 e. The summed E-state index contributed by atoms with van der Waals surface area (Å²) in [6.45, 7) is 11.6. The van der Waals surface area contributed by atoms with Crippen LogP contribution in [0.4, 0.5) is 10.2 Å². The second kappa shape index (κ2) is 8.84. The molecule has 5 heteroatoms. The summed E-state index contributed by atoms with van der Waals surface area (Å²) in [5, 5.41) is 3.15. The molecule has 0 saturated heterocycles. The second-order valence-corrected chi connectivity index (χ2v) is 5.05. The van der Waals surface area contributed by atoms with Crippen LogP contribution in [-0.4, -0.2) is 40.5 Å². The number of aryl methyl sites for hydroxylation is 1. The molecule has 1 unspecified atom stereocenters. The molecule has 1 N–H and O–H groups in total. The molecule has 1 heterocycles. The highest BCUT2D eigenvalue weighted by Gasteiger charge is 2.12. The lowest BCUT2D eigenvalue weighted by molar-refractivity contribution is 0.295. The Kier molecular flexibility index (Phi) is 7.44. The van der Waals surface area contributed by atoms with Crippen molar-refractivity contribution in [2.75, 3.05) is 25.0 Å². The lowest BCUT2D eigenvalue weighted by Crippen LogP contribution is -2.26. The van der Waals surface area contributed by atoms with E-state index < -0.39 is 0 Å². The Balaban J connectivity index is 2.44. The molecule has 0 amide bonds. The van der Waals surface area contributed by atoms with E-state index in [1.165, 1.54) is 6.33 Å². The Morgan fingerprint density at radius 1 is 1.25 bits per heavy atom. The minimum atomic E-state index is -0.314. The predicted octanol–water partition coefficient (Wildman–Crippen LogP) is 3.10. The van der Waals surface area contributed by atoms with Crippen LogP contribution in [-0.2, 0) is 6.42 Å². The Bertz CT molecular complexity index is 393. The molecule has 0 saturated carbocycles. The smallest absolute Gasteiger partial charge is 0.186 e. The molecule has 0 spiro atoms. The zero-order valence-electron chi connectivity index (χ0n) is 13.1. The third-order valence-electron chi connectivity index (χ3n) is 3.59. The van der Waals surface area contributed by atoms with E-state index in [9.17, 15) is 4.39 Å². The number of anilines is 1. The first-order valence-corrected chi connectivity index (χ1v) is 7.60. The van der Waals surface area contributed by atoms with Gasteiger partial charge in [-0.1, -0.05) is 20.8 Å². The lowest BCUT2D eigenvalue weighted by atomic mass is 10.1. The van der Waals surface area contributed by atoms with E-state index in [0.29, 0.717) is 17.9 Å². The summed E-state index contributed by atoms with van der Waals surface area (Å²) in [7, 11) is 0. The summed E-state index contributed by atoms with van der Waals surface area (Å²) in [4.78, 5) is 10.3. The van der Waals surface area contributed by atoms with Crippen molar-refractivity contribution in [1.29, 1.82) is 0 Å². The van der Waals surface area contributed by atoms with Gasteiger partial charge in [0, 0.05) is 6.04 Å². The minimum absolute atomic E-state index is 0.208. The molecule has 0 radical (unpaired) electrons. The largest absolute Gasteiger partial charge is 0.365 e. The van der Waals surface area contributed by atoms with Gasteiger partial charge in [0.15, 0.2) is 11.6 Å². The van der Waals surface area contributed by atoms with E-state index >= 15 is 0 Å². The van der Waals surface area contributed by atoms with Crippen LogP contribution in [0.2, 0.25) is 0 Å². The van der Waals surface area contributed by atoms with E-state index in [1.54, 1.807) is 0 Å². The number of hydrogen-bond donors (Lipinski definition) is 1. The van der Waals surface area contributed by atoms with Gasteiger partial charge in [0.2, 0.25) is 0 Å². The van der Waals surface area contributed by atoms with E-state index in [2.05, 4.69) is 41.0 Å². The number of aromatic nitrogens is 2. The number of nitrogens with zero attached hydrogens (tertiary/aromatic N) is 3. The Labute approximate surface area is 121 Å². The third-order valence-corrected chi connectivity index (χ3v) is 3.59. The molecule has 0 aromatic carbocycles. The van der Waals surface area contributed by atoms with Crippen LogP contribution in [0.5, 0.6) is 0 Å². The zero-order valence-corrected chi connectivity index (χ0v) is 13.1. The number of nitrogens with one attached hydrogen (secondary N) is 1. The fourth-order valence-corrected chi connectivity index (χ4v) is 2.22. The van der Waals surface area contributed by atoms with Gasteiger partial charge in [0.1, 0.15) is 6.33 Å². The van der Waals surface area contributed by atoms with Crippen LogP contribution in [0, 0.1) is 5.82 Å². The van der Waals surface area contributed by atoms with Gasteiger partial charge in [-0.25, -0.2) is 14.4 Å². The highest BCUT2D eigenvalue weighted by molar-refractivity contribution is 5.38. The Morgan fingerprint density at radius 2 is 1.95 bits per heavy atom. The molecule has 1 aromatic rings. The fraction of sp³-hybridized carbons (Fsp3) is 0.733. The third kappa shape index (κ3) is 5.04. The molecule has 0 fully saturated rings. The quantitative estimate of drug-likeness (QED) is 0.755. The van der Waals surface area contributed by atoms with E-state index in [0.717, 1.165) is 32.5 Å². The second-order valence-electron chi connectivity index (χ2n) is 5.05. The normalized spacial score (nSPS) is 12.7. The van der Waals surface area contributed by atoms with Crippen molar-refractivity contribution < 1.29 is 4.39 Å². The summed E-state index contributed by atoms with van der Waals surface area (Å²) in [6, 6.07) is 0.208. The SMILES string of the molecule is CCc1ncnc(NC(C)CCCN(CC)CC)c1F. The van der Waals surface area contributed by atoms with E-state index in [4.69, 9.17) is 0 Å². The molecule has 0 aliphatic carbocycles. The summed E-state index contributed by atoms with van der Waals surface area (Å²) < 4.78 is 14.0. The van der Waals surface area contributed by atoms with Crippen molar-refractivity contribution in [3.8, 4) is 0 Å². The van der Waals surface area contributed by atoms with Crippen LogP contribution in [0.1, 0.15) is 46.2 Å². The van der Waals surface area contributed by atoms with E-state index in [-0.39, 0.29) is 11.9 Å². The molecule has 0 aliphatic rings. The lowest BCUT2D eigenvalue weighted by Gasteiger charge is -2.20. The van der Waals surface area contributed by atoms with Gasteiger partial charge < -0.3 is 10.2 Å². The van der Waals surface area contributed by atoms with Gasteiger partial charge in [-0.15, -0.1) is 0 Å². The van der Waals surface area contributed by atoms with Crippen LogP contribution in [0.3, 0.4) is 0 Å². The zero-order chi connectivity index (χ0) is 15.0. The molecule has 1 aromatic heterocycles. The van der Waals surface area contributed by atoms with Crippen LogP contribution >= 0.6 is 0 Å². The van der Waals surface area contributed by atoms with Crippen molar-refractivity contribution in [2.24, 2.45) is 0 Å². The van der Waals surface area contributed by atoms with Crippen LogP contribution in [0.15, 0.2) is 6.33 Å². The Hall–Kier alpha value is -1.23. The van der Waals surface area contributed by atoms with Gasteiger partial charge >= 0.3 is 0 Å². The van der Waals surface area contributed by atoms with E-state index in [1.807, 2.05) is 6.92 Å². The number of halogens is 1. The van der Waals surface area contributed by atoms with Crippen molar-refractivity contribution in [3.05, 3.63) is 17.8 Å². The fourth-order valence-electron chi connectivity index (χ4n) is 2.22. The summed E-state index contributed by atoms with van der Waals surface area (Å²) in [5.74, 6) is 0.0118. The van der Waals surface area contributed by atoms with Gasteiger partial charge in [-0.3, -0.25) is 0 Å². The molecule has 0 aliphatic heterocycles. The highest BCUT2D eigenvalue weighted by Crippen LogP contribution is 2.15. The van der Waals surface area contributed by atoms with Gasteiger partial charge in [0.25, 0.3) is 0 Å². The van der Waals surface area contributed by atoms with Gasteiger partial charge in [-0.05, 0) is 45.8 Å². The average Bonchev–Trinajstić information content (AvgIpc) is 2.46. The maximum atomic E-state index is 14.0. The molecule has 1 rings (SSSR count).